The first-order chi connectivity index (χ1) is 7.31. The Hall–Kier alpha value is 0.573. The second-order valence-electron chi connectivity index (χ2n) is 3.13. The van der Waals surface area contributed by atoms with E-state index in [0.717, 1.165) is 12.8 Å². The van der Waals surface area contributed by atoms with Gasteiger partial charge in [-0.2, -0.15) is 12.8 Å². The van der Waals surface area contributed by atoms with E-state index in [9.17, 15) is 4.79 Å². The summed E-state index contributed by atoms with van der Waals surface area (Å²) < 4.78 is 4.82. The van der Waals surface area contributed by atoms with Crippen molar-refractivity contribution in [3.05, 3.63) is 6.42 Å². The van der Waals surface area contributed by atoms with Gasteiger partial charge in [0.2, 0.25) is 0 Å². The molecule has 0 heterocycles. The van der Waals surface area contributed by atoms with E-state index in [2.05, 4.69) is 27.0 Å². The molecule has 0 saturated heterocycles. The molecule has 0 aromatic rings. The fourth-order valence-electron chi connectivity index (χ4n) is 1.12. The van der Waals surface area contributed by atoms with Crippen LogP contribution in [0, 0.1) is 6.42 Å². The van der Waals surface area contributed by atoms with Crippen molar-refractivity contribution in [2.24, 2.45) is 0 Å². The van der Waals surface area contributed by atoms with Crippen LogP contribution in [0.4, 0.5) is 0 Å². The summed E-state index contributed by atoms with van der Waals surface area (Å²) in [6.45, 7) is 4.52. The fourth-order valence-corrected chi connectivity index (χ4v) is 1.12. The molecule has 0 fully saturated rings. The van der Waals surface area contributed by atoms with E-state index in [1.165, 1.54) is 35.6 Å². The molecule has 0 aliphatic heterocycles. The van der Waals surface area contributed by atoms with Gasteiger partial charge in [-0.3, -0.25) is 4.79 Å². The van der Waals surface area contributed by atoms with Crippen molar-refractivity contribution >= 4 is 19.6 Å². The fraction of sp³-hybridized carbons (Fsp3) is 0.818. The summed E-state index contributed by atoms with van der Waals surface area (Å²) in [7, 11) is 0. The number of halogens is 1. The van der Waals surface area contributed by atoms with E-state index < -0.39 is 0 Å². The van der Waals surface area contributed by atoms with Gasteiger partial charge in [-0.05, 0) is 6.92 Å². The Kier molecular flexibility index (Phi) is 20.3. The zero-order valence-electron chi connectivity index (χ0n) is 9.93. The van der Waals surface area contributed by atoms with Crippen molar-refractivity contribution in [1.82, 2.24) is 0 Å². The molecule has 0 aromatic heterocycles. The van der Waals surface area contributed by atoms with Gasteiger partial charge < -0.3 is 11.2 Å². The first-order valence-corrected chi connectivity index (χ1v) is 12.5. The number of esters is 1. The van der Waals surface area contributed by atoms with Crippen molar-refractivity contribution in [2.45, 2.75) is 52.4 Å². The molecule has 0 radical (unpaired) electrons. The molecular weight excluding hydrogens is 309 g/mol. The topological polar surface area (TPSA) is 26.3 Å². The predicted octanol–water partition coefficient (Wildman–Crippen LogP) is 3.96. The average molecular weight is 331 g/mol. The molecule has 0 rings (SSSR count). The molecule has 4 heteroatoms. The Morgan fingerprint density at radius 3 is 2.40 bits per heavy atom. The van der Waals surface area contributed by atoms with Crippen LogP contribution in [0.5, 0.6) is 0 Å². The van der Waals surface area contributed by atoms with Crippen LogP contribution < -0.4 is 0 Å². The summed E-state index contributed by atoms with van der Waals surface area (Å²) in [6, 6.07) is 0. The van der Waals surface area contributed by atoms with Crippen molar-refractivity contribution in [2.75, 3.05) is 6.61 Å². The molecule has 15 heavy (non-hydrogen) atoms. The van der Waals surface area contributed by atoms with Crippen LogP contribution in [0.25, 0.3) is 0 Å². The Morgan fingerprint density at radius 2 is 1.87 bits per heavy atom. The predicted molar refractivity (Wildman–Crippen MR) is 63.2 cm³/mol. The van der Waals surface area contributed by atoms with Crippen LogP contribution >= 0.6 is 13.6 Å². The van der Waals surface area contributed by atoms with Crippen LogP contribution in [0.2, 0.25) is 0 Å². The van der Waals surface area contributed by atoms with Gasteiger partial charge in [-0.1, -0.05) is 26.2 Å². The second kappa shape index (κ2) is 17.0. The third-order valence-corrected chi connectivity index (χ3v) is 1.86. The summed E-state index contributed by atoms with van der Waals surface area (Å²) >= 11 is 4.25. The van der Waals surface area contributed by atoms with E-state index in [0.29, 0.717) is 13.0 Å². The van der Waals surface area contributed by atoms with Crippen LogP contribution in [0.15, 0.2) is 0 Å². The average Bonchev–Trinajstić information content (AvgIpc) is 2.26. The first kappa shape index (κ1) is 18.0. The second-order valence-corrected chi connectivity index (χ2v) is 3.13. The molecule has 0 bridgehead atoms. The minimum absolute atomic E-state index is 0.0635. The van der Waals surface area contributed by atoms with E-state index in [4.69, 9.17) is 4.74 Å². The van der Waals surface area contributed by atoms with Crippen LogP contribution in [0.1, 0.15) is 52.4 Å². The molecule has 0 atom stereocenters. The number of carbonyl (C=O) groups is 1. The summed E-state index contributed by atoms with van der Waals surface area (Å²) in [5.74, 6) is -0.0635. The van der Waals surface area contributed by atoms with Gasteiger partial charge in [0.05, 0.1) is 6.61 Å². The van der Waals surface area contributed by atoms with Gasteiger partial charge in [0, 0.05) is 6.42 Å². The molecule has 0 amide bonds. The molecule has 0 N–H and O–H groups in total. The van der Waals surface area contributed by atoms with Gasteiger partial charge >= 0.3 is 35.9 Å². The molecule has 86 valence electrons. The zero-order chi connectivity index (χ0) is 11.9. The van der Waals surface area contributed by atoms with Gasteiger partial charge in [0.25, 0.3) is 0 Å². The summed E-state index contributed by atoms with van der Waals surface area (Å²) in [5.41, 5.74) is 0. The monoisotopic (exact) mass is 328 g/mol. The van der Waals surface area contributed by atoms with E-state index in [-0.39, 0.29) is 5.97 Å². The van der Waals surface area contributed by atoms with Crippen molar-refractivity contribution < 1.29 is 25.9 Å². The standard InChI is InChI=1S/C11H21O2.BrH.Zn/c1-3-5-6-7-8-9-10-11(12)13-4-2;;/h7H,3-6,8-10H2,1-2H3;1H;/q-1;;+2/p-1. The van der Waals surface area contributed by atoms with Crippen LogP contribution in [0.3, 0.4) is 0 Å². The normalized spacial score (nSPS) is 9.13. The molecule has 2 nitrogen and oxygen atoms in total. The van der Waals surface area contributed by atoms with Crippen LogP contribution in [-0.2, 0) is 25.9 Å². The van der Waals surface area contributed by atoms with Crippen molar-refractivity contribution in [3.63, 3.8) is 0 Å². The number of hydrogen-bond donors (Lipinski definition) is 0. The van der Waals surface area contributed by atoms with Crippen molar-refractivity contribution in [1.29, 1.82) is 0 Å². The third-order valence-electron chi connectivity index (χ3n) is 1.86. The van der Waals surface area contributed by atoms with E-state index >= 15 is 0 Å². The van der Waals surface area contributed by atoms with Gasteiger partial charge in [-0.15, -0.1) is 0 Å². The number of carbonyl (C=O) groups excluding carboxylic acids is 1. The molecule has 0 spiro atoms. The summed E-state index contributed by atoms with van der Waals surface area (Å²) in [4.78, 5) is 10.9. The van der Waals surface area contributed by atoms with Gasteiger partial charge in [0.15, 0.2) is 0 Å². The molecule has 0 aromatic carbocycles. The quantitative estimate of drug-likeness (QED) is 0.291. The zero-order valence-corrected chi connectivity index (χ0v) is 14.5. The maximum absolute atomic E-state index is 10.9. The number of ether oxygens (including phenoxy) is 1. The molecule has 0 aliphatic carbocycles. The van der Waals surface area contributed by atoms with Crippen molar-refractivity contribution in [3.8, 4) is 0 Å². The van der Waals surface area contributed by atoms with Crippen LogP contribution in [-0.4, -0.2) is 12.6 Å². The first-order valence-electron chi connectivity index (χ1n) is 5.55. The Bertz CT molecular complexity index is 132. The van der Waals surface area contributed by atoms with Gasteiger partial charge in [0.1, 0.15) is 0 Å². The van der Waals surface area contributed by atoms with E-state index in [1.54, 1.807) is 0 Å². The van der Waals surface area contributed by atoms with Gasteiger partial charge in [-0.25, -0.2) is 0 Å². The van der Waals surface area contributed by atoms with E-state index in [1.807, 2.05) is 6.92 Å². The number of hydrogen-bond acceptors (Lipinski definition) is 2. The molecule has 0 saturated carbocycles. The maximum atomic E-state index is 10.9. The Morgan fingerprint density at radius 1 is 1.27 bits per heavy atom. The SMILES string of the molecule is CCCC[CH-]CCCC(=O)OCC.[Zn+][Br]. The summed E-state index contributed by atoms with van der Waals surface area (Å²) in [6.07, 6.45) is 8.49. The Labute approximate surface area is 111 Å². The number of unbranched alkanes of at least 4 members (excludes halogenated alkanes) is 5. The Balaban J connectivity index is 0. The molecule has 0 unspecified atom stereocenters. The minimum atomic E-state index is -0.0635. The molecule has 0 aliphatic rings. The number of rotatable bonds is 8. The third kappa shape index (κ3) is 17.2. The molecular formula is C11H21BrO2Zn. The summed E-state index contributed by atoms with van der Waals surface area (Å²) in [5, 5.41) is 0.